The van der Waals surface area contributed by atoms with E-state index in [1.165, 1.54) is 18.2 Å². The third-order valence-corrected chi connectivity index (χ3v) is 5.01. The quantitative estimate of drug-likeness (QED) is 0.282. The predicted molar refractivity (Wildman–Crippen MR) is 110 cm³/mol. The highest BCUT2D eigenvalue weighted by Gasteiger charge is 2.26. The summed E-state index contributed by atoms with van der Waals surface area (Å²) in [4.78, 5) is 19.6. The van der Waals surface area contributed by atoms with Gasteiger partial charge in [0.1, 0.15) is 24.0 Å². The second-order valence-electron chi connectivity index (χ2n) is 7.16. The van der Waals surface area contributed by atoms with Gasteiger partial charge in [-0.3, -0.25) is 9.69 Å². The van der Waals surface area contributed by atoms with E-state index in [0.717, 1.165) is 19.4 Å². The van der Waals surface area contributed by atoms with Crippen LogP contribution >= 0.6 is 0 Å². The van der Waals surface area contributed by atoms with E-state index in [-0.39, 0.29) is 29.8 Å². The third-order valence-electron chi connectivity index (χ3n) is 5.01. The highest BCUT2D eigenvalue weighted by molar-refractivity contribution is 6.12. The Bertz CT molecular complexity index is 888. The third kappa shape index (κ3) is 5.86. The molecule has 7 heteroatoms. The van der Waals surface area contributed by atoms with Gasteiger partial charge in [0, 0.05) is 24.2 Å². The first-order valence-electron chi connectivity index (χ1n) is 10.2. The predicted octanol–water partition coefficient (Wildman–Crippen LogP) is 4.01. The first-order chi connectivity index (χ1) is 14.6. The van der Waals surface area contributed by atoms with Crippen LogP contribution in [0.3, 0.4) is 0 Å². The van der Waals surface area contributed by atoms with E-state index in [0.29, 0.717) is 25.3 Å². The second-order valence-corrected chi connectivity index (χ2v) is 7.16. The average molecular weight is 416 g/mol. The van der Waals surface area contributed by atoms with Crippen LogP contribution in [0.25, 0.3) is 0 Å². The van der Waals surface area contributed by atoms with Crippen LogP contribution in [0.15, 0.2) is 53.7 Å². The van der Waals surface area contributed by atoms with Crippen molar-refractivity contribution in [1.29, 1.82) is 0 Å². The summed E-state index contributed by atoms with van der Waals surface area (Å²) in [6, 6.07) is 12.0. The number of esters is 1. The lowest BCUT2D eigenvalue weighted by Gasteiger charge is -2.30. The summed E-state index contributed by atoms with van der Waals surface area (Å²) in [5.41, 5.74) is 0.902. The molecule has 0 amide bonds. The maximum atomic E-state index is 14.3. The van der Waals surface area contributed by atoms with Crippen LogP contribution in [0.4, 0.5) is 8.78 Å². The molecule has 0 spiro atoms. The Morgan fingerprint density at radius 3 is 2.80 bits per heavy atom. The van der Waals surface area contributed by atoms with Crippen molar-refractivity contribution in [2.45, 2.75) is 19.8 Å². The van der Waals surface area contributed by atoms with Gasteiger partial charge in [-0.2, -0.15) is 0 Å². The van der Waals surface area contributed by atoms with Crippen LogP contribution < -0.4 is 0 Å². The fourth-order valence-corrected chi connectivity index (χ4v) is 3.54. The maximum Gasteiger partial charge on any atom is 0.310 e. The van der Waals surface area contributed by atoms with Crippen LogP contribution in [-0.4, -0.2) is 49.4 Å². The molecule has 0 bridgehead atoms. The van der Waals surface area contributed by atoms with E-state index in [9.17, 15) is 13.6 Å². The number of hydrogen-bond acceptors (Lipinski definition) is 5. The molecule has 0 saturated carbocycles. The molecule has 1 fully saturated rings. The van der Waals surface area contributed by atoms with Crippen molar-refractivity contribution in [2.24, 2.45) is 11.1 Å². The standard InChI is InChI=1S/C23H26F2N2O3/c1-2-29-23(28)18-8-6-12-27(16-18)13-14-30-26-22(17-7-5-9-19(24)15-17)20-10-3-4-11-21(20)25/h3-5,7,9-11,15,18H,2,6,8,12-14,16H2,1H3/b26-22+/t18-/m1/s1. The summed E-state index contributed by atoms with van der Waals surface area (Å²) in [6.45, 7) is 4.51. The maximum absolute atomic E-state index is 14.3. The summed E-state index contributed by atoms with van der Waals surface area (Å²) in [7, 11) is 0. The minimum Gasteiger partial charge on any atom is -0.466 e. The van der Waals surface area contributed by atoms with Crippen LogP contribution in [0.2, 0.25) is 0 Å². The fraction of sp³-hybridized carbons (Fsp3) is 0.391. The van der Waals surface area contributed by atoms with Crippen molar-refractivity contribution in [3.8, 4) is 0 Å². The van der Waals surface area contributed by atoms with Crippen molar-refractivity contribution < 1.29 is 23.1 Å². The molecule has 2 aromatic carbocycles. The Kier molecular flexibility index (Phi) is 7.90. The normalized spacial score (nSPS) is 17.6. The van der Waals surface area contributed by atoms with Crippen LogP contribution in [0, 0.1) is 17.6 Å². The van der Waals surface area contributed by atoms with Crippen LogP contribution in [0.1, 0.15) is 30.9 Å². The van der Waals surface area contributed by atoms with Crippen molar-refractivity contribution in [1.82, 2.24) is 4.90 Å². The Labute approximate surface area is 175 Å². The molecule has 1 heterocycles. The molecule has 3 rings (SSSR count). The summed E-state index contributed by atoms with van der Waals surface area (Å²) in [6.07, 6.45) is 1.74. The zero-order valence-electron chi connectivity index (χ0n) is 17.0. The van der Waals surface area contributed by atoms with Crippen molar-refractivity contribution in [3.05, 3.63) is 71.3 Å². The lowest BCUT2D eigenvalue weighted by atomic mass is 9.98. The molecular weight excluding hydrogens is 390 g/mol. The summed E-state index contributed by atoms with van der Waals surface area (Å²) < 4.78 is 33.1. The molecule has 1 aliphatic heterocycles. The first-order valence-corrected chi connectivity index (χ1v) is 10.2. The van der Waals surface area contributed by atoms with E-state index in [1.54, 1.807) is 37.3 Å². The van der Waals surface area contributed by atoms with E-state index in [1.807, 2.05) is 0 Å². The number of nitrogens with zero attached hydrogens (tertiary/aromatic N) is 2. The highest BCUT2D eigenvalue weighted by atomic mass is 19.1. The number of hydrogen-bond donors (Lipinski definition) is 0. The van der Waals surface area contributed by atoms with Gasteiger partial charge < -0.3 is 9.57 Å². The van der Waals surface area contributed by atoms with Gasteiger partial charge in [0.25, 0.3) is 0 Å². The molecular formula is C23H26F2N2O3. The largest absolute Gasteiger partial charge is 0.466 e. The smallest absolute Gasteiger partial charge is 0.310 e. The van der Waals surface area contributed by atoms with Gasteiger partial charge in [-0.05, 0) is 50.6 Å². The van der Waals surface area contributed by atoms with Gasteiger partial charge in [-0.1, -0.05) is 29.4 Å². The number of halogens is 2. The molecule has 0 aliphatic carbocycles. The van der Waals surface area contributed by atoms with Gasteiger partial charge in [0.05, 0.1) is 12.5 Å². The lowest BCUT2D eigenvalue weighted by molar-refractivity contribution is -0.150. The monoisotopic (exact) mass is 416 g/mol. The number of benzene rings is 2. The lowest BCUT2D eigenvalue weighted by Crippen LogP contribution is -2.40. The van der Waals surface area contributed by atoms with Gasteiger partial charge in [-0.25, -0.2) is 8.78 Å². The Balaban J connectivity index is 1.65. The zero-order chi connectivity index (χ0) is 21.3. The number of likely N-dealkylation sites (tertiary alicyclic amines) is 1. The number of ether oxygens (including phenoxy) is 1. The van der Waals surface area contributed by atoms with E-state index >= 15 is 0 Å². The average Bonchev–Trinajstić information content (AvgIpc) is 2.75. The molecule has 1 saturated heterocycles. The summed E-state index contributed by atoms with van der Waals surface area (Å²) in [5, 5.41) is 4.13. The van der Waals surface area contributed by atoms with Crippen LogP contribution in [0.5, 0.6) is 0 Å². The molecule has 5 nitrogen and oxygen atoms in total. The fourth-order valence-electron chi connectivity index (χ4n) is 3.54. The number of piperidine rings is 1. The Morgan fingerprint density at radius 2 is 2.03 bits per heavy atom. The number of rotatable bonds is 8. The number of carbonyl (C=O) groups is 1. The molecule has 1 aliphatic rings. The van der Waals surface area contributed by atoms with Crippen molar-refractivity contribution in [3.63, 3.8) is 0 Å². The Hall–Kier alpha value is -2.80. The SMILES string of the molecule is CCOC(=O)[C@@H]1CCCN(CCO/N=C(\c2cccc(F)c2)c2ccccc2F)C1. The molecule has 0 aromatic heterocycles. The topological polar surface area (TPSA) is 51.1 Å². The van der Waals surface area contributed by atoms with Crippen molar-refractivity contribution in [2.75, 3.05) is 32.8 Å². The minimum absolute atomic E-state index is 0.122. The van der Waals surface area contributed by atoms with Gasteiger partial charge in [-0.15, -0.1) is 0 Å². The molecule has 0 N–H and O–H groups in total. The molecule has 2 aromatic rings. The van der Waals surface area contributed by atoms with E-state index in [4.69, 9.17) is 9.57 Å². The van der Waals surface area contributed by atoms with E-state index in [2.05, 4.69) is 10.1 Å². The van der Waals surface area contributed by atoms with E-state index < -0.39 is 11.6 Å². The highest BCUT2D eigenvalue weighted by Crippen LogP contribution is 2.18. The zero-order valence-corrected chi connectivity index (χ0v) is 17.0. The molecule has 1 atom stereocenters. The summed E-state index contributed by atoms with van der Waals surface area (Å²) in [5.74, 6) is -1.18. The minimum atomic E-state index is -0.461. The summed E-state index contributed by atoms with van der Waals surface area (Å²) >= 11 is 0. The molecule has 0 unspecified atom stereocenters. The number of oxime groups is 1. The van der Waals surface area contributed by atoms with Crippen LogP contribution in [-0.2, 0) is 14.4 Å². The second kappa shape index (κ2) is 10.8. The Morgan fingerprint density at radius 1 is 1.20 bits per heavy atom. The molecule has 0 radical (unpaired) electrons. The first kappa shape index (κ1) is 21.9. The molecule has 30 heavy (non-hydrogen) atoms. The van der Waals surface area contributed by atoms with Crippen molar-refractivity contribution >= 4 is 11.7 Å². The molecule has 160 valence electrons. The van der Waals surface area contributed by atoms with Gasteiger partial charge in [0.2, 0.25) is 0 Å². The van der Waals surface area contributed by atoms with Gasteiger partial charge >= 0.3 is 5.97 Å². The number of carbonyl (C=O) groups excluding carboxylic acids is 1. The van der Waals surface area contributed by atoms with Gasteiger partial charge in [0.15, 0.2) is 0 Å².